The van der Waals surface area contributed by atoms with E-state index in [4.69, 9.17) is 0 Å². The minimum atomic E-state index is -0.0793. The van der Waals surface area contributed by atoms with Crippen molar-refractivity contribution in [2.24, 2.45) is 11.8 Å². The van der Waals surface area contributed by atoms with E-state index in [0.717, 1.165) is 18.3 Å². The Morgan fingerprint density at radius 1 is 1.00 bits per heavy atom. The highest BCUT2D eigenvalue weighted by Gasteiger charge is 2.37. The van der Waals surface area contributed by atoms with Gasteiger partial charge >= 0.3 is 0 Å². The average Bonchev–Trinajstić information content (AvgIpc) is 2.16. The number of hydrogen-bond donors (Lipinski definition) is 1. The molecule has 0 aromatic heterocycles. The zero-order valence-electron chi connectivity index (χ0n) is 9.45. The SMILES string of the molecule is CN(C)[C@@H]1CC2CCCCC2C[C@@H]1O. The zero-order chi connectivity index (χ0) is 10.1. The topological polar surface area (TPSA) is 23.5 Å². The molecule has 14 heavy (non-hydrogen) atoms. The highest BCUT2D eigenvalue weighted by Crippen LogP contribution is 2.41. The summed E-state index contributed by atoms with van der Waals surface area (Å²) in [6, 6.07) is 0.411. The summed E-state index contributed by atoms with van der Waals surface area (Å²) in [5.74, 6) is 1.73. The first-order chi connectivity index (χ1) is 6.68. The summed E-state index contributed by atoms with van der Waals surface area (Å²) in [7, 11) is 4.19. The summed E-state index contributed by atoms with van der Waals surface area (Å²) in [5.41, 5.74) is 0. The quantitative estimate of drug-likeness (QED) is 0.694. The minimum absolute atomic E-state index is 0.0793. The van der Waals surface area contributed by atoms with E-state index in [1.807, 2.05) is 0 Å². The second-order valence-corrected chi connectivity index (χ2v) is 5.37. The largest absolute Gasteiger partial charge is 0.391 e. The molecule has 2 nitrogen and oxygen atoms in total. The summed E-state index contributed by atoms with van der Waals surface area (Å²) >= 11 is 0. The second kappa shape index (κ2) is 4.19. The molecule has 0 aliphatic heterocycles. The van der Waals surface area contributed by atoms with Crippen LogP contribution in [0.2, 0.25) is 0 Å². The van der Waals surface area contributed by atoms with Crippen molar-refractivity contribution in [3.8, 4) is 0 Å². The standard InChI is InChI=1S/C12H23NO/c1-13(2)11-7-9-5-3-4-6-10(9)8-12(11)14/h9-12,14H,3-8H2,1-2H3/t9?,10?,11-,12+/m1/s1. The van der Waals surface area contributed by atoms with Crippen molar-refractivity contribution in [1.82, 2.24) is 4.90 Å². The van der Waals surface area contributed by atoms with E-state index in [1.165, 1.54) is 32.1 Å². The third kappa shape index (κ3) is 1.96. The third-order valence-corrected chi connectivity index (χ3v) is 4.26. The van der Waals surface area contributed by atoms with Crippen molar-refractivity contribution in [2.75, 3.05) is 14.1 Å². The van der Waals surface area contributed by atoms with Crippen LogP contribution in [0.3, 0.4) is 0 Å². The Morgan fingerprint density at radius 3 is 2.14 bits per heavy atom. The first-order valence-electron chi connectivity index (χ1n) is 6.03. The van der Waals surface area contributed by atoms with Gasteiger partial charge in [0.15, 0.2) is 0 Å². The molecule has 0 saturated heterocycles. The fraction of sp³-hybridized carbons (Fsp3) is 1.00. The number of fused-ring (bicyclic) bond motifs is 1. The lowest BCUT2D eigenvalue weighted by Gasteiger charge is -2.44. The molecule has 2 fully saturated rings. The maximum absolute atomic E-state index is 10.0. The van der Waals surface area contributed by atoms with Gasteiger partial charge in [0, 0.05) is 6.04 Å². The summed E-state index contributed by atoms with van der Waals surface area (Å²) in [4.78, 5) is 2.20. The van der Waals surface area contributed by atoms with Gasteiger partial charge in [0.2, 0.25) is 0 Å². The number of aliphatic hydroxyl groups is 1. The summed E-state index contributed by atoms with van der Waals surface area (Å²) in [6.07, 6.45) is 7.76. The molecular weight excluding hydrogens is 174 g/mol. The lowest BCUT2D eigenvalue weighted by atomic mass is 9.68. The maximum Gasteiger partial charge on any atom is 0.0698 e. The smallest absolute Gasteiger partial charge is 0.0698 e. The van der Waals surface area contributed by atoms with Crippen molar-refractivity contribution >= 4 is 0 Å². The molecule has 0 radical (unpaired) electrons. The Bertz CT molecular complexity index is 193. The van der Waals surface area contributed by atoms with E-state index in [1.54, 1.807) is 0 Å². The Hall–Kier alpha value is -0.0800. The van der Waals surface area contributed by atoms with E-state index in [-0.39, 0.29) is 6.10 Å². The van der Waals surface area contributed by atoms with Gasteiger partial charge in [-0.3, -0.25) is 0 Å². The van der Waals surface area contributed by atoms with Crippen LogP contribution in [-0.2, 0) is 0 Å². The van der Waals surface area contributed by atoms with Gasteiger partial charge in [-0.05, 0) is 38.8 Å². The van der Waals surface area contributed by atoms with Crippen molar-refractivity contribution in [2.45, 2.75) is 50.7 Å². The number of hydrogen-bond acceptors (Lipinski definition) is 2. The summed E-state index contributed by atoms with van der Waals surface area (Å²) in [6.45, 7) is 0. The summed E-state index contributed by atoms with van der Waals surface area (Å²) < 4.78 is 0. The highest BCUT2D eigenvalue weighted by molar-refractivity contribution is 4.91. The molecule has 2 aliphatic rings. The van der Waals surface area contributed by atoms with Crippen LogP contribution < -0.4 is 0 Å². The van der Waals surface area contributed by atoms with E-state index in [2.05, 4.69) is 19.0 Å². The van der Waals surface area contributed by atoms with E-state index >= 15 is 0 Å². The molecule has 2 unspecified atom stereocenters. The fourth-order valence-electron chi connectivity index (χ4n) is 3.39. The van der Waals surface area contributed by atoms with Crippen molar-refractivity contribution in [3.05, 3.63) is 0 Å². The first kappa shape index (κ1) is 10.4. The molecule has 4 atom stereocenters. The van der Waals surface area contributed by atoms with Gasteiger partial charge in [-0.1, -0.05) is 25.7 Å². The van der Waals surface area contributed by atoms with Gasteiger partial charge in [-0.2, -0.15) is 0 Å². The van der Waals surface area contributed by atoms with Crippen LogP contribution in [0, 0.1) is 11.8 Å². The fourth-order valence-corrected chi connectivity index (χ4v) is 3.39. The summed E-state index contributed by atoms with van der Waals surface area (Å²) in [5, 5.41) is 10.0. The Balaban J connectivity index is 1.99. The van der Waals surface area contributed by atoms with Gasteiger partial charge in [-0.25, -0.2) is 0 Å². The predicted octanol–water partition coefficient (Wildman–Crippen LogP) is 1.88. The molecule has 82 valence electrons. The Labute approximate surface area is 87.3 Å². The molecule has 2 rings (SSSR count). The van der Waals surface area contributed by atoms with Crippen molar-refractivity contribution in [1.29, 1.82) is 0 Å². The second-order valence-electron chi connectivity index (χ2n) is 5.37. The van der Waals surface area contributed by atoms with Crippen LogP contribution in [0.1, 0.15) is 38.5 Å². The predicted molar refractivity (Wildman–Crippen MR) is 58.2 cm³/mol. The molecule has 0 bridgehead atoms. The van der Waals surface area contributed by atoms with Gasteiger partial charge in [0.1, 0.15) is 0 Å². The van der Waals surface area contributed by atoms with Crippen LogP contribution in [-0.4, -0.2) is 36.2 Å². The van der Waals surface area contributed by atoms with Gasteiger partial charge in [0.05, 0.1) is 6.10 Å². The minimum Gasteiger partial charge on any atom is -0.391 e. The number of nitrogens with zero attached hydrogens (tertiary/aromatic N) is 1. The molecular formula is C12H23NO. The number of rotatable bonds is 1. The molecule has 0 aromatic carbocycles. The van der Waals surface area contributed by atoms with E-state index in [9.17, 15) is 5.11 Å². The molecule has 2 heteroatoms. The van der Waals surface area contributed by atoms with Crippen molar-refractivity contribution in [3.63, 3.8) is 0 Å². The monoisotopic (exact) mass is 197 g/mol. The van der Waals surface area contributed by atoms with Gasteiger partial charge < -0.3 is 10.0 Å². The van der Waals surface area contributed by atoms with E-state index in [0.29, 0.717) is 6.04 Å². The van der Waals surface area contributed by atoms with Gasteiger partial charge in [0.25, 0.3) is 0 Å². The molecule has 1 N–H and O–H groups in total. The lowest BCUT2D eigenvalue weighted by Crippen LogP contribution is -2.47. The Morgan fingerprint density at radius 2 is 1.57 bits per heavy atom. The zero-order valence-corrected chi connectivity index (χ0v) is 9.45. The van der Waals surface area contributed by atoms with Gasteiger partial charge in [-0.15, -0.1) is 0 Å². The molecule has 0 aromatic rings. The number of aliphatic hydroxyl groups excluding tert-OH is 1. The molecule has 0 heterocycles. The Kier molecular flexibility index (Phi) is 3.13. The highest BCUT2D eigenvalue weighted by atomic mass is 16.3. The lowest BCUT2D eigenvalue weighted by molar-refractivity contribution is -0.0157. The molecule has 0 amide bonds. The average molecular weight is 197 g/mol. The molecule has 2 aliphatic carbocycles. The van der Waals surface area contributed by atoms with Crippen LogP contribution in [0.5, 0.6) is 0 Å². The van der Waals surface area contributed by atoms with Crippen LogP contribution in [0.15, 0.2) is 0 Å². The normalized spacial score (nSPS) is 43.7. The first-order valence-corrected chi connectivity index (χ1v) is 6.03. The maximum atomic E-state index is 10.0. The van der Waals surface area contributed by atoms with E-state index < -0.39 is 0 Å². The molecule has 0 spiro atoms. The molecule has 2 saturated carbocycles. The third-order valence-electron chi connectivity index (χ3n) is 4.26. The van der Waals surface area contributed by atoms with Crippen LogP contribution >= 0.6 is 0 Å². The van der Waals surface area contributed by atoms with Crippen LogP contribution in [0.4, 0.5) is 0 Å². The van der Waals surface area contributed by atoms with Crippen molar-refractivity contribution < 1.29 is 5.11 Å². The number of likely N-dealkylation sites (N-methyl/N-ethyl adjacent to an activating group) is 1. The van der Waals surface area contributed by atoms with Crippen LogP contribution in [0.25, 0.3) is 0 Å².